The van der Waals surface area contributed by atoms with Crippen molar-refractivity contribution in [3.05, 3.63) is 59.2 Å². The van der Waals surface area contributed by atoms with Crippen LogP contribution in [0, 0.1) is 6.92 Å². The minimum Gasteiger partial charge on any atom is -0.497 e. The molecule has 27 heavy (non-hydrogen) atoms. The maximum atomic E-state index is 12.7. The number of benzene rings is 2. The molecule has 0 saturated carbocycles. The van der Waals surface area contributed by atoms with E-state index in [0.29, 0.717) is 11.5 Å². The third-order valence-electron chi connectivity index (χ3n) is 4.45. The second-order valence-electron chi connectivity index (χ2n) is 7.61. The molecule has 0 saturated heterocycles. The number of aryl methyl sites for hydroxylation is 1. The molecule has 5 nitrogen and oxygen atoms in total. The number of hydrogen-bond acceptors (Lipinski definition) is 4. The molecule has 5 heteroatoms. The highest BCUT2D eigenvalue weighted by Crippen LogP contribution is 2.25. The van der Waals surface area contributed by atoms with Crippen LogP contribution in [0.15, 0.2) is 42.5 Å². The van der Waals surface area contributed by atoms with Gasteiger partial charge in [0.05, 0.1) is 7.11 Å². The summed E-state index contributed by atoms with van der Waals surface area (Å²) < 4.78 is 10.8. The number of hydrogen-bond donors (Lipinski definition) is 1. The minimum absolute atomic E-state index is 0.00132. The Morgan fingerprint density at radius 3 is 2.15 bits per heavy atom. The smallest absolute Gasteiger partial charge is 0.266 e. The first-order valence-corrected chi connectivity index (χ1v) is 8.84. The van der Waals surface area contributed by atoms with E-state index in [1.807, 2.05) is 31.2 Å². The molecule has 1 amide bonds. The van der Waals surface area contributed by atoms with Crippen LogP contribution in [-0.2, 0) is 21.4 Å². The third kappa shape index (κ3) is 5.33. The predicted octanol–water partition coefficient (Wildman–Crippen LogP) is 3.35. The molecular weight excluding hydrogens is 342 g/mol. The largest absolute Gasteiger partial charge is 0.497 e. The van der Waals surface area contributed by atoms with Crippen molar-refractivity contribution in [2.24, 2.45) is 5.73 Å². The van der Waals surface area contributed by atoms with Crippen molar-refractivity contribution >= 4 is 11.7 Å². The maximum Gasteiger partial charge on any atom is 0.266 e. The molecule has 144 valence electrons. The Bertz CT molecular complexity index is 819. The zero-order chi connectivity index (χ0) is 20.2. The van der Waals surface area contributed by atoms with Crippen LogP contribution >= 0.6 is 0 Å². The van der Waals surface area contributed by atoms with E-state index in [4.69, 9.17) is 15.2 Å². The van der Waals surface area contributed by atoms with Gasteiger partial charge in [-0.2, -0.15) is 0 Å². The van der Waals surface area contributed by atoms with Crippen molar-refractivity contribution in [1.82, 2.24) is 0 Å². The highest BCUT2D eigenvalue weighted by molar-refractivity contribution is 6.04. The van der Waals surface area contributed by atoms with Gasteiger partial charge in [0.25, 0.3) is 5.91 Å². The topological polar surface area (TPSA) is 78.6 Å². The zero-order valence-electron chi connectivity index (χ0n) is 16.5. The molecule has 1 atom stereocenters. The van der Waals surface area contributed by atoms with Crippen molar-refractivity contribution in [2.75, 3.05) is 7.11 Å². The summed E-state index contributed by atoms with van der Waals surface area (Å²) in [5.74, 6) is -0.112. The van der Waals surface area contributed by atoms with Gasteiger partial charge in [0.15, 0.2) is 5.78 Å². The lowest BCUT2D eigenvalue weighted by Crippen LogP contribution is -2.41. The molecule has 2 rings (SSSR count). The fraction of sp³-hybridized carbons (Fsp3) is 0.364. The molecule has 1 unspecified atom stereocenters. The summed E-state index contributed by atoms with van der Waals surface area (Å²) in [6.45, 7) is 8.21. The average Bonchev–Trinajstić information content (AvgIpc) is 2.60. The SMILES string of the molecule is COc1ccc(C)c(CC(=O)C(Oc2ccc(C(C)(C)C)cc2)C(N)=O)c1. The van der Waals surface area contributed by atoms with Crippen LogP contribution in [0.2, 0.25) is 0 Å². The van der Waals surface area contributed by atoms with Gasteiger partial charge in [0.1, 0.15) is 11.5 Å². The van der Waals surface area contributed by atoms with Crippen molar-refractivity contribution in [2.45, 2.75) is 45.6 Å². The molecule has 0 aliphatic heterocycles. The van der Waals surface area contributed by atoms with Crippen molar-refractivity contribution < 1.29 is 19.1 Å². The lowest BCUT2D eigenvalue weighted by atomic mass is 9.87. The van der Waals surface area contributed by atoms with Crippen molar-refractivity contribution in [3.8, 4) is 11.5 Å². The van der Waals surface area contributed by atoms with Crippen LogP contribution in [0.5, 0.6) is 11.5 Å². The van der Waals surface area contributed by atoms with E-state index in [1.165, 1.54) is 0 Å². The van der Waals surface area contributed by atoms with E-state index in [1.54, 1.807) is 25.3 Å². The summed E-state index contributed by atoms with van der Waals surface area (Å²) in [6.07, 6.45) is -1.30. The van der Waals surface area contributed by atoms with Gasteiger partial charge in [0.2, 0.25) is 6.10 Å². The van der Waals surface area contributed by atoms with Gasteiger partial charge in [-0.1, -0.05) is 39.0 Å². The Hall–Kier alpha value is -2.82. The molecule has 0 radical (unpaired) electrons. The number of Topliss-reactive ketones (excluding diaryl/α,β-unsaturated/α-hetero) is 1. The van der Waals surface area contributed by atoms with Crippen LogP contribution in [0.3, 0.4) is 0 Å². The maximum absolute atomic E-state index is 12.7. The van der Waals surface area contributed by atoms with Gasteiger partial charge in [-0.15, -0.1) is 0 Å². The Balaban J connectivity index is 2.17. The summed E-state index contributed by atoms with van der Waals surface area (Å²) >= 11 is 0. The number of rotatable bonds is 7. The molecule has 0 aliphatic rings. The number of methoxy groups -OCH3 is 1. The monoisotopic (exact) mass is 369 g/mol. The lowest BCUT2D eigenvalue weighted by Gasteiger charge is -2.20. The van der Waals surface area contributed by atoms with Crippen LogP contribution < -0.4 is 15.2 Å². The van der Waals surface area contributed by atoms with Crippen LogP contribution in [0.1, 0.15) is 37.5 Å². The van der Waals surface area contributed by atoms with Crippen LogP contribution in [0.4, 0.5) is 0 Å². The molecule has 0 heterocycles. The van der Waals surface area contributed by atoms with Crippen molar-refractivity contribution in [3.63, 3.8) is 0 Å². The van der Waals surface area contributed by atoms with Gasteiger partial charge in [-0.3, -0.25) is 9.59 Å². The lowest BCUT2D eigenvalue weighted by molar-refractivity contribution is -0.135. The number of carbonyl (C=O) groups is 2. The van der Waals surface area contributed by atoms with E-state index in [2.05, 4.69) is 20.8 Å². The molecular formula is C22H27NO4. The molecule has 0 bridgehead atoms. The average molecular weight is 369 g/mol. The molecule has 2 aromatic rings. The van der Waals surface area contributed by atoms with Gasteiger partial charge >= 0.3 is 0 Å². The van der Waals surface area contributed by atoms with E-state index >= 15 is 0 Å². The van der Waals surface area contributed by atoms with E-state index < -0.39 is 17.8 Å². The molecule has 0 fully saturated rings. The van der Waals surface area contributed by atoms with Crippen LogP contribution in [-0.4, -0.2) is 24.9 Å². The Kier molecular flexibility index (Phi) is 6.26. The summed E-state index contributed by atoms with van der Waals surface area (Å²) in [5, 5.41) is 0. The summed E-state index contributed by atoms with van der Waals surface area (Å²) in [6, 6.07) is 12.8. The van der Waals surface area contributed by atoms with E-state index in [-0.39, 0.29) is 11.8 Å². The first-order valence-electron chi connectivity index (χ1n) is 8.84. The standard InChI is InChI=1S/C22H27NO4/c1-14-6-9-18(26-5)12-15(14)13-19(24)20(21(23)25)27-17-10-7-16(8-11-17)22(2,3)4/h6-12,20H,13H2,1-5H3,(H2,23,25). The van der Waals surface area contributed by atoms with Gasteiger partial charge < -0.3 is 15.2 Å². The Labute approximate surface area is 160 Å². The first kappa shape index (κ1) is 20.5. The molecule has 0 spiro atoms. The van der Waals surface area contributed by atoms with Gasteiger partial charge in [0, 0.05) is 6.42 Å². The number of ether oxygens (including phenoxy) is 2. The zero-order valence-corrected chi connectivity index (χ0v) is 16.5. The second kappa shape index (κ2) is 8.25. The first-order chi connectivity index (χ1) is 12.6. The van der Waals surface area contributed by atoms with Gasteiger partial charge in [-0.05, 0) is 53.3 Å². The van der Waals surface area contributed by atoms with Crippen LogP contribution in [0.25, 0.3) is 0 Å². The molecule has 0 aliphatic carbocycles. The fourth-order valence-electron chi connectivity index (χ4n) is 2.70. The number of amides is 1. The normalized spacial score (nSPS) is 12.3. The second-order valence-corrected chi connectivity index (χ2v) is 7.61. The molecule has 0 aromatic heterocycles. The number of ketones is 1. The molecule has 2 N–H and O–H groups in total. The highest BCUT2D eigenvalue weighted by Gasteiger charge is 2.27. The fourth-order valence-corrected chi connectivity index (χ4v) is 2.70. The summed E-state index contributed by atoms with van der Waals surface area (Å²) in [4.78, 5) is 24.5. The van der Waals surface area contributed by atoms with E-state index in [0.717, 1.165) is 16.7 Å². The van der Waals surface area contributed by atoms with E-state index in [9.17, 15) is 9.59 Å². The van der Waals surface area contributed by atoms with Gasteiger partial charge in [-0.25, -0.2) is 0 Å². The predicted molar refractivity (Wildman–Crippen MR) is 105 cm³/mol. The molecule has 2 aromatic carbocycles. The number of nitrogens with two attached hydrogens (primary N) is 1. The number of carbonyl (C=O) groups excluding carboxylic acids is 2. The highest BCUT2D eigenvalue weighted by atomic mass is 16.5. The third-order valence-corrected chi connectivity index (χ3v) is 4.45. The Morgan fingerprint density at radius 1 is 1.04 bits per heavy atom. The summed E-state index contributed by atoms with van der Waals surface area (Å²) in [5.41, 5.74) is 8.26. The number of primary amides is 1. The minimum atomic E-state index is -1.34. The summed E-state index contributed by atoms with van der Waals surface area (Å²) in [7, 11) is 1.56. The quantitative estimate of drug-likeness (QED) is 0.759. The van der Waals surface area contributed by atoms with Crippen molar-refractivity contribution in [1.29, 1.82) is 0 Å². The Morgan fingerprint density at radius 2 is 1.63 bits per heavy atom.